The fourth-order valence-electron chi connectivity index (χ4n) is 2.46. The van der Waals surface area contributed by atoms with Crippen molar-refractivity contribution in [3.05, 3.63) is 60.2 Å². The van der Waals surface area contributed by atoms with Crippen molar-refractivity contribution in [3.63, 3.8) is 0 Å². The molecule has 3 rings (SSSR count). The molecule has 0 spiro atoms. The minimum Gasteiger partial charge on any atom is -0.326 e. The van der Waals surface area contributed by atoms with E-state index in [2.05, 4.69) is 31.6 Å². The molecule has 0 saturated carbocycles. The highest BCUT2D eigenvalue weighted by Gasteiger charge is 2.10. The molecule has 148 valence electrons. The number of hydrogen-bond acceptors (Lipinski definition) is 6. The van der Waals surface area contributed by atoms with Crippen LogP contribution in [0.1, 0.15) is 12.5 Å². The van der Waals surface area contributed by atoms with Crippen LogP contribution in [-0.4, -0.2) is 37.9 Å². The van der Waals surface area contributed by atoms with Crippen molar-refractivity contribution >= 4 is 23.4 Å². The summed E-state index contributed by atoms with van der Waals surface area (Å²) in [5.41, 5.74) is 6.82. The van der Waals surface area contributed by atoms with E-state index in [0.717, 1.165) is 15.9 Å². The number of carbonyl (C=O) groups excluding carboxylic acids is 3. The SMILES string of the molecule is CC(=O)Nc1ccc(CC(=O)NNC(=O)Cn2nnc(-c3ccccc3)n2)cc1. The minimum atomic E-state index is -0.489. The summed E-state index contributed by atoms with van der Waals surface area (Å²) in [6.45, 7) is 1.23. The lowest BCUT2D eigenvalue weighted by molar-refractivity contribution is -0.129. The Morgan fingerprint density at radius 2 is 1.62 bits per heavy atom. The Labute approximate surface area is 166 Å². The van der Waals surface area contributed by atoms with Gasteiger partial charge in [0.2, 0.25) is 17.6 Å². The number of hydrazine groups is 1. The summed E-state index contributed by atoms with van der Waals surface area (Å²) in [6.07, 6.45) is 0.0698. The number of nitrogens with zero attached hydrogens (tertiary/aromatic N) is 4. The molecule has 29 heavy (non-hydrogen) atoms. The zero-order valence-corrected chi connectivity index (χ0v) is 15.6. The van der Waals surface area contributed by atoms with Crippen molar-refractivity contribution in [3.8, 4) is 11.4 Å². The van der Waals surface area contributed by atoms with E-state index in [9.17, 15) is 14.4 Å². The molecule has 0 saturated heterocycles. The van der Waals surface area contributed by atoms with Gasteiger partial charge < -0.3 is 5.32 Å². The first-order valence-corrected chi connectivity index (χ1v) is 8.77. The molecular formula is C19H19N7O3. The third kappa shape index (κ3) is 5.96. The van der Waals surface area contributed by atoms with E-state index in [1.807, 2.05) is 30.3 Å². The van der Waals surface area contributed by atoms with E-state index in [4.69, 9.17) is 0 Å². The van der Waals surface area contributed by atoms with E-state index in [1.165, 1.54) is 6.92 Å². The van der Waals surface area contributed by atoms with Crippen molar-refractivity contribution in [2.24, 2.45) is 0 Å². The lowest BCUT2D eigenvalue weighted by Crippen LogP contribution is -2.44. The number of benzene rings is 2. The topological polar surface area (TPSA) is 131 Å². The van der Waals surface area contributed by atoms with Gasteiger partial charge >= 0.3 is 0 Å². The monoisotopic (exact) mass is 393 g/mol. The average Bonchev–Trinajstić information content (AvgIpc) is 3.17. The molecule has 10 heteroatoms. The summed E-state index contributed by atoms with van der Waals surface area (Å²) < 4.78 is 0. The number of aromatic nitrogens is 4. The summed E-state index contributed by atoms with van der Waals surface area (Å²) in [5.74, 6) is -0.639. The van der Waals surface area contributed by atoms with Crippen LogP contribution in [0, 0.1) is 0 Å². The van der Waals surface area contributed by atoms with Gasteiger partial charge in [0.05, 0.1) is 6.42 Å². The number of hydrogen-bond donors (Lipinski definition) is 3. The lowest BCUT2D eigenvalue weighted by Gasteiger charge is -2.07. The predicted molar refractivity (Wildman–Crippen MR) is 104 cm³/mol. The molecule has 0 unspecified atom stereocenters. The van der Waals surface area contributed by atoms with Crippen LogP contribution in [0.5, 0.6) is 0 Å². The maximum atomic E-state index is 12.0. The molecular weight excluding hydrogens is 374 g/mol. The first-order chi connectivity index (χ1) is 14.0. The van der Waals surface area contributed by atoms with Gasteiger partial charge in [-0.1, -0.05) is 42.5 Å². The molecule has 3 N–H and O–H groups in total. The first-order valence-electron chi connectivity index (χ1n) is 8.77. The fraction of sp³-hybridized carbons (Fsp3) is 0.158. The van der Waals surface area contributed by atoms with Crippen LogP contribution in [0.2, 0.25) is 0 Å². The molecule has 0 aliphatic rings. The Bertz CT molecular complexity index is 1000. The second-order valence-electron chi connectivity index (χ2n) is 6.16. The predicted octanol–water partition coefficient (Wildman–Crippen LogP) is 0.689. The average molecular weight is 393 g/mol. The molecule has 3 aromatic rings. The number of tetrazole rings is 1. The largest absolute Gasteiger partial charge is 0.326 e. The van der Waals surface area contributed by atoms with Crippen LogP contribution in [0.15, 0.2) is 54.6 Å². The van der Waals surface area contributed by atoms with Gasteiger partial charge in [-0.25, -0.2) is 0 Å². The fourth-order valence-corrected chi connectivity index (χ4v) is 2.46. The molecule has 0 aliphatic carbocycles. The normalized spacial score (nSPS) is 10.2. The second-order valence-corrected chi connectivity index (χ2v) is 6.16. The molecule has 0 aliphatic heterocycles. The van der Waals surface area contributed by atoms with Crippen molar-refractivity contribution in [1.29, 1.82) is 0 Å². The third-order valence-corrected chi connectivity index (χ3v) is 3.75. The highest BCUT2D eigenvalue weighted by atomic mass is 16.2. The van der Waals surface area contributed by atoms with E-state index in [-0.39, 0.29) is 24.8 Å². The maximum absolute atomic E-state index is 12.0. The highest BCUT2D eigenvalue weighted by molar-refractivity contribution is 5.88. The number of nitrogens with one attached hydrogen (secondary N) is 3. The van der Waals surface area contributed by atoms with Crippen molar-refractivity contribution < 1.29 is 14.4 Å². The van der Waals surface area contributed by atoms with Crippen molar-refractivity contribution in [2.75, 3.05) is 5.32 Å². The molecule has 0 radical (unpaired) electrons. The van der Waals surface area contributed by atoms with Gasteiger partial charge in [0.1, 0.15) is 6.54 Å². The number of carbonyl (C=O) groups is 3. The van der Waals surface area contributed by atoms with Gasteiger partial charge in [-0.2, -0.15) is 4.80 Å². The molecule has 3 amide bonds. The lowest BCUT2D eigenvalue weighted by atomic mass is 10.1. The molecule has 0 bridgehead atoms. The van der Waals surface area contributed by atoms with Crippen LogP contribution in [-0.2, 0) is 27.3 Å². The Kier molecular flexibility index (Phi) is 6.25. The number of anilines is 1. The van der Waals surface area contributed by atoms with E-state index >= 15 is 0 Å². The minimum absolute atomic E-state index is 0.0698. The summed E-state index contributed by atoms with van der Waals surface area (Å²) in [4.78, 5) is 36.1. The van der Waals surface area contributed by atoms with Gasteiger partial charge in [0.15, 0.2) is 0 Å². The summed E-state index contributed by atoms with van der Waals surface area (Å²) in [6, 6.07) is 16.1. The third-order valence-electron chi connectivity index (χ3n) is 3.75. The van der Waals surface area contributed by atoms with E-state index < -0.39 is 5.91 Å². The molecule has 1 heterocycles. The standard InChI is InChI=1S/C19H19N7O3/c1-13(27)20-16-9-7-14(8-10-16)11-17(28)21-22-18(29)12-26-24-19(23-25-26)15-5-3-2-4-6-15/h2-10H,11-12H2,1H3,(H,20,27)(H,21,28)(H,22,29). The summed E-state index contributed by atoms with van der Waals surface area (Å²) in [7, 11) is 0. The Balaban J connectivity index is 1.45. The molecule has 0 fully saturated rings. The van der Waals surface area contributed by atoms with Crippen molar-refractivity contribution in [2.45, 2.75) is 19.9 Å². The zero-order valence-electron chi connectivity index (χ0n) is 15.6. The first kappa shape index (κ1) is 19.7. The molecule has 10 nitrogen and oxygen atoms in total. The van der Waals surface area contributed by atoms with E-state index in [0.29, 0.717) is 11.5 Å². The maximum Gasteiger partial charge on any atom is 0.262 e. The van der Waals surface area contributed by atoms with Crippen LogP contribution >= 0.6 is 0 Å². The van der Waals surface area contributed by atoms with Gasteiger partial charge in [0.25, 0.3) is 5.91 Å². The molecule has 2 aromatic carbocycles. The quantitative estimate of drug-likeness (QED) is 0.528. The smallest absolute Gasteiger partial charge is 0.262 e. The Morgan fingerprint density at radius 3 is 2.31 bits per heavy atom. The summed E-state index contributed by atoms with van der Waals surface area (Å²) >= 11 is 0. The van der Waals surface area contributed by atoms with E-state index in [1.54, 1.807) is 24.3 Å². The Hall–Kier alpha value is -4.08. The number of amides is 3. The summed E-state index contributed by atoms with van der Waals surface area (Å²) in [5, 5.41) is 14.5. The van der Waals surface area contributed by atoms with Gasteiger partial charge in [0, 0.05) is 18.2 Å². The molecule has 0 atom stereocenters. The second kappa shape index (κ2) is 9.22. The van der Waals surface area contributed by atoms with Crippen LogP contribution < -0.4 is 16.2 Å². The zero-order chi connectivity index (χ0) is 20.6. The Morgan fingerprint density at radius 1 is 0.931 bits per heavy atom. The van der Waals surface area contributed by atoms with Crippen molar-refractivity contribution in [1.82, 2.24) is 31.1 Å². The van der Waals surface area contributed by atoms with Crippen LogP contribution in [0.25, 0.3) is 11.4 Å². The van der Waals surface area contributed by atoms with Gasteiger partial charge in [-0.15, -0.1) is 10.2 Å². The van der Waals surface area contributed by atoms with Gasteiger partial charge in [-0.05, 0) is 22.9 Å². The molecule has 1 aromatic heterocycles. The van der Waals surface area contributed by atoms with Gasteiger partial charge in [-0.3, -0.25) is 25.2 Å². The number of rotatable bonds is 6. The van der Waals surface area contributed by atoms with Crippen LogP contribution in [0.4, 0.5) is 5.69 Å². The van der Waals surface area contributed by atoms with Crippen LogP contribution in [0.3, 0.4) is 0 Å². The highest BCUT2D eigenvalue weighted by Crippen LogP contribution is 2.11.